The first-order valence-corrected chi connectivity index (χ1v) is 8.07. The van der Waals surface area contributed by atoms with Gasteiger partial charge in [-0.2, -0.15) is 0 Å². The Morgan fingerprint density at radius 3 is 2.74 bits per heavy atom. The van der Waals surface area contributed by atoms with Crippen molar-refractivity contribution >= 4 is 15.9 Å². The molecule has 0 amide bonds. The van der Waals surface area contributed by atoms with E-state index in [-0.39, 0.29) is 5.82 Å². The van der Waals surface area contributed by atoms with Crippen molar-refractivity contribution in [1.29, 1.82) is 0 Å². The van der Waals surface area contributed by atoms with Gasteiger partial charge in [0.05, 0.1) is 0 Å². The first-order chi connectivity index (χ1) is 9.13. The van der Waals surface area contributed by atoms with Crippen LogP contribution in [0.5, 0.6) is 0 Å². The van der Waals surface area contributed by atoms with Crippen molar-refractivity contribution in [2.75, 3.05) is 6.54 Å². The summed E-state index contributed by atoms with van der Waals surface area (Å²) in [6, 6.07) is 5.02. The molecule has 1 aromatic rings. The molecule has 0 spiro atoms. The van der Waals surface area contributed by atoms with Crippen LogP contribution in [0.4, 0.5) is 4.39 Å². The van der Waals surface area contributed by atoms with Crippen LogP contribution in [-0.2, 0) is 6.42 Å². The molecule has 106 valence electrons. The molecule has 3 unspecified atom stereocenters. The molecule has 0 aliphatic heterocycles. The number of hydrogen-bond acceptors (Lipinski definition) is 1. The third-order valence-corrected chi connectivity index (χ3v) is 5.36. The van der Waals surface area contributed by atoms with Gasteiger partial charge in [-0.15, -0.1) is 0 Å². The third kappa shape index (κ3) is 3.79. The molecule has 2 N–H and O–H groups in total. The highest BCUT2D eigenvalue weighted by Gasteiger charge is 2.29. The Bertz CT molecular complexity index is 421. The molecule has 1 aromatic carbocycles. The Balaban J connectivity index is 2.09. The van der Waals surface area contributed by atoms with Crippen LogP contribution in [0.25, 0.3) is 0 Å². The van der Waals surface area contributed by atoms with Gasteiger partial charge in [-0.05, 0) is 61.3 Å². The van der Waals surface area contributed by atoms with Crippen LogP contribution in [0.2, 0.25) is 0 Å². The SMILES string of the molecule is CCC1CCC(CN)C(Cc2ccc(F)cc2Br)C1. The fraction of sp³-hybridized carbons (Fsp3) is 0.625. The maximum absolute atomic E-state index is 13.1. The third-order valence-electron chi connectivity index (χ3n) is 4.63. The molecule has 0 radical (unpaired) electrons. The van der Waals surface area contributed by atoms with Crippen molar-refractivity contribution in [3.05, 3.63) is 34.1 Å². The van der Waals surface area contributed by atoms with Crippen molar-refractivity contribution in [3.63, 3.8) is 0 Å². The van der Waals surface area contributed by atoms with Gasteiger partial charge in [0.15, 0.2) is 0 Å². The van der Waals surface area contributed by atoms with Gasteiger partial charge in [0.2, 0.25) is 0 Å². The van der Waals surface area contributed by atoms with E-state index < -0.39 is 0 Å². The second kappa shape index (κ2) is 6.85. The fourth-order valence-electron chi connectivity index (χ4n) is 3.32. The van der Waals surface area contributed by atoms with Gasteiger partial charge in [-0.1, -0.05) is 41.8 Å². The zero-order chi connectivity index (χ0) is 13.8. The zero-order valence-corrected chi connectivity index (χ0v) is 13.1. The summed E-state index contributed by atoms with van der Waals surface area (Å²) < 4.78 is 14.0. The van der Waals surface area contributed by atoms with E-state index in [1.165, 1.54) is 31.2 Å². The van der Waals surface area contributed by atoms with E-state index in [0.717, 1.165) is 23.4 Å². The van der Waals surface area contributed by atoms with Crippen LogP contribution in [0.15, 0.2) is 22.7 Å². The summed E-state index contributed by atoms with van der Waals surface area (Å²) in [6.45, 7) is 3.05. The number of benzene rings is 1. The first-order valence-electron chi connectivity index (χ1n) is 7.28. The Labute approximate surface area is 123 Å². The summed E-state index contributed by atoms with van der Waals surface area (Å²) >= 11 is 3.48. The molecule has 1 fully saturated rings. The minimum absolute atomic E-state index is 0.180. The molecule has 0 bridgehead atoms. The van der Waals surface area contributed by atoms with E-state index >= 15 is 0 Å². The maximum atomic E-state index is 13.1. The smallest absolute Gasteiger partial charge is 0.124 e. The van der Waals surface area contributed by atoms with Crippen molar-refractivity contribution in [2.24, 2.45) is 23.5 Å². The lowest BCUT2D eigenvalue weighted by Crippen LogP contribution is -2.31. The van der Waals surface area contributed by atoms with Gasteiger partial charge in [0.1, 0.15) is 5.82 Å². The lowest BCUT2D eigenvalue weighted by molar-refractivity contribution is 0.179. The fourth-order valence-corrected chi connectivity index (χ4v) is 3.84. The second-order valence-electron chi connectivity index (χ2n) is 5.78. The standard InChI is InChI=1S/C16H23BrFN/c1-2-11-3-4-13(10-19)14(7-11)8-12-5-6-15(18)9-16(12)17/h5-6,9,11,13-14H,2-4,7-8,10,19H2,1H3. The Hall–Kier alpha value is -0.410. The normalized spacial score (nSPS) is 27.5. The van der Waals surface area contributed by atoms with Crippen molar-refractivity contribution in [1.82, 2.24) is 0 Å². The lowest BCUT2D eigenvalue weighted by atomic mass is 9.71. The molecule has 0 saturated heterocycles. The van der Waals surface area contributed by atoms with E-state index in [0.29, 0.717) is 11.8 Å². The van der Waals surface area contributed by atoms with Crippen molar-refractivity contribution in [3.8, 4) is 0 Å². The molecule has 19 heavy (non-hydrogen) atoms. The van der Waals surface area contributed by atoms with E-state index in [1.807, 2.05) is 6.07 Å². The molecule has 3 heteroatoms. The van der Waals surface area contributed by atoms with Crippen molar-refractivity contribution in [2.45, 2.75) is 39.0 Å². The van der Waals surface area contributed by atoms with Crippen LogP contribution in [0.3, 0.4) is 0 Å². The molecule has 1 aliphatic rings. The summed E-state index contributed by atoms with van der Waals surface area (Å²) in [6.07, 6.45) is 6.11. The molecule has 1 saturated carbocycles. The zero-order valence-electron chi connectivity index (χ0n) is 11.5. The highest BCUT2D eigenvalue weighted by atomic mass is 79.9. The monoisotopic (exact) mass is 327 g/mol. The predicted octanol–water partition coefficient (Wildman–Crippen LogP) is 4.53. The van der Waals surface area contributed by atoms with E-state index in [1.54, 1.807) is 12.1 Å². The van der Waals surface area contributed by atoms with Crippen LogP contribution < -0.4 is 5.73 Å². The first kappa shape index (κ1) is 15.0. The molecule has 0 aromatic heterocycles. The van der Waals surface area contributed by atoms with E-state index in [4.69, 9.17) is 5.73 Å². The highest BCUT2D eigenvalue weighted by molar-refractivity contribution is 9.10. The minimum atomic E-state index is -0.180. The molecule has 1 aliphatic carbocycles. The molecule has 1 nitrogen and oxygen atoms in total. The second-order valence-corrected chi connectivity index (χ2v) is 6.64. The van der Waals surface area contributed by atoms with Crippen LogP contribution in [0.1, 0.15) is 38.2 Å². The Kier molecular flexibility index (Phi) is 5.40. The lowest BCUT2D eigenvalue weighted by Gasteiger charge is -2.35. The summed E-state index contributed by atoms with van der Waals surface area (Å²) in [4.78, 5) is 0. The van der Waals surface area contributed by atoms with Gasteiger partial charge in [0.25, 0.3) is 0 Å². The van der Waals surface area contributed by atoms with Crippen LogP contribution in [-0.4, -0.2) is 6.54 Å². The summed E-state index contributed by atoms with van der Waals surface area (Å²) in [5.74, 6) is 1.93. The summed E-state index contributed by atoms with van der Waals surface area (Å²) in [5.41, 5.74) is 7.13. The van der Waals surface area contributed by atoms with Gasteiger partial charge >= 0.3 is 0 Å². The van der Waals surface area contributed by atoms with E-state index in [2.05, 4.69) is 22.9 Å². The molecular formula is C16H23BrFN. The van der Waals surface area contributed by atoms with Crippen LogP contribution in [0, 0.1) is 23.6 Å². The largest absolute Gasteiger partial charge is 0.330 e. The molecular weight excluding hydrogens is 305 g/mol. The van der Waals surface area contributed by atoms with Gasteiger partial charge in [0, 0.05) is 4.47 Å². The molecule has 2 rings (SSSR count). The van der Waals surface area contributed by atoms with Gasteiger partial charge in [-0.25, -0.2) is 4.39 Å². The average Bonchev–Trinajstić information content (AvgIpc) is 2.41. The Morgan fingerprint density at radius 1 is 1.32 bits per heavy atom. The number of nitrogens with two attached hydrogens (primary N) is 1. The average molecular weight is 328 g/mol. The molecule has 3 atom stereocenters. The maximum Gasteiger partial charge on any atom is 0.124 e. The van der Waals surface area contributed by atoms with Crippen LogP contribution >= 0.6 is 15.9 Å². The molecule has 0 heterocycles. The quantitative estimate of drug-likeness (QED) is 0.863. The summed E-state index contributed by atoms with van der Waals surface area (Å²) in [5, 5.41) is 0. The van der Waals surface area contributed by atoms with E-state index in [9.17, 15) is 4.39 Å². The van der Waals surface area contributed by atoms with Gasteiger partial charge in [-0.3, -0.25) is 0 Å². The van der Waals surface area contributed by atoms with Crippen molar-refractivity contribution < 1.29 is 4.39 Å². The number of rotatable bonds is 4. The topological polar surface area (TPSA) is 26.0 Å². The highest BCUT2D eigenvalue weighted by Crippen LogP contribution is 2.37. The minimum Gasteiger partial charge on any atom is -0.330 e. The number of halogens is 2. The Morgan fingerprint density at radius 2 is 2.11 bits per heavy atom. The number of hydrogen-bond donors (Lipinski definition) is 1. The predicted molar refractivity (Wildman–Crippen MR) is 81.5 cm³/mol. The summed E-state index contributed by atoms with van der Waals surface area (Å²) in [7, 11) is 0. The van der Waals surface area contributed by atoms with Gasteiger partial charge < -0.3 is 5.73 Å².